The van der Waals surface area contributed by atoms with E-state index in [0.29, 0.717) is 0 Å². The van der Waals surface area contributed by atoms with E-state index < -0.39 is 8.07 Å². The Morgan fingerprint density at radius 1 is 0.457 bits per heavy atom. The highest BCUT2D eigenvalue weighted by molar-refractivity contribution is 7.02. The fourth-order valence-corrected chi connectivity index (χ4v) is 11.3. The third-order valence-electron chi connectivity index (χ3n) is 10.5. The lowest BCUT2D eigenvalue weighted by Gasteiger charge is -2.39. The van der Waals surface area contributed by atoms with Crippen LogP contribution in [0.2, 0.25) is 13.1 Å². The van der Waals surface area contributed by atoms with Crippen molar-refractivity contribution in [2.24, 2.45) is 0 Å². The fraction of sp³-hybridized carbons (Fsp3) is 0.0909. The minimum atomic E-state index is -1.86. The van der Waals surface area contributed by atoms with Gasteiger partial charge in [0.2, 0.25) is 0 Å². The maximum atomic E-state index is 2.49. The molecular weight excluding hydrogens is 571 g/mol. The van der Waals surface area contributed by atoms with Crippen molar-refractivity contribution in [1.29, 1.82) is 0 Å². The maximum Gasteiger partial charge on any atom is 0.117 e. The number of para-hydroxylation sites is 1. The zero-order chi connectivity index (χ0) is 31.2. The van der Waals surface area contributed by atoms with Gasteiger partial charge in [-0.25, -0.2) is 0 Å². The Balaban J connectivity index is 1.38. The van der Waals surface area contributed by atoms with E-state index in [-0.39, 0.29) is 0 Å². The Morgan fingerprint density at radius 2 is 1.07 bits per heavy atom. The van der Waals surface area contributed by atoms with Gasteiger partial charge in [0.15, 0.2) is 0 Å². The van der Waals surface area contributed by atoms with Gasteiger partial charge in [0.05, 0.1) is 0 Å². The highest BCUT2D eigenvalue weighted by Crippen LogP contribution is 2.47. The zero-order valence-corrected chi connectivity index (χ0v) is 27.7. The molecule has 8 aromatic rings. The normalized spacial score (nSPS) is 13.8. The van der Waals surface area contributed by atoms with Gasteiger partial charge in [-0.1, -0.05) is 140 Å². The molecule has 1 nitrogen and oxygen atoms in total. The second kappa shape index (κ2) is 9.91. The Bertz CT molecular complexity index is 2540. The maximum absolute atomic E-state index is 2.49. The van der Waals surface area contributed by atoms with Crippen molar-refractivity contribution < 1.29 is 0 Å². The molecule has 1 aliphatic heterocycles. The summed E-state index contributed by atoms with van der Waals surface area (Å²) in [4.78, 5) is 2.41. The number of hydrogen-bond donors (Lipinski definition) is 0. The predicted octanol–water partition coefficient (Wildman–Crippen LogP) is 10.8. The third-order valence-corrected chi connectivity index (χ3v) is 14.0. The fourth-order valence-electron chi connectivity index (χ4n) is 8.22. The summed E-state index contributed by atoms with van der Waals surface area (Å²) >= 11 is 0. The summed E-state index contributed by atoms with van der Waals surface area (Å²) in [6.45, 7) is 7.21. The van der Waals surface area contributed by atoms with Crippen molar-refractivity contribution in [1.82, 2.24) is 0 Å². The van der Waals surface area contributed by atoms with Crippen LogP contribution in [-0.4, -0.2) is 15.1 Å². The second-order valence-corrected chi connectivity index (χ2v) is 17.8. The van der Waals surface area contributed by atoms with Gasteiger partial charge in [0.1, 0.15) is 8.07 Å². The molecule has 0 amide bonds. The summed E-state index contributed by atoms with van der Waals surface area (Å²) < 4.78 is 0. The molecule has 0 bridgehead atoms. The van der Waals surface area contributed by atoms with Crippen LogP contribution in [0.3, 0.4) is 0 Å². The SMILES string of the molecule is Cc1ccc2c(-c3cc4ccccc4c4ccccc34)c3ccccc3c(-c3ccc4c(c3)N(C)c3ccccc3[Si]4(C)C)c2c1. The van der Waals surface area contributed by atoms with Crippen LogP contribution in [0.15, 0.2) is 140 Å². The molecule has 0 atom stereocenters. The van der Waals surface area contributed by atoms with Crippen LogP contribution in [0, 0.1) is 6.92 Å². The molecule has 220 valence electrons. The highest BCUT2D eigenvalue weighted by Gasteiger charge is 2.37. The lowest BCUT2D eigenvalue weighted by atomic mass is 9.83. The first kappa shape index (κ1) is 27.2. The van der Waals surface area contributed by atoms with E-state index in [0.717, 1.165) is 0 Å². The largest absolute Gasteiger partial charge is 0.345 e. The molecule has 9 rings (SSSR count). The van der Waals surface area contributed by atoms with Crippen LogP contribution in [0.5, 0.6) is 0 Å². The van der Waals surface area contributed by atoms with E-state index in [9.17, 15) is 0 Å². The van der Waals surface area contributed by atoms with Crippen molar-refractivity contribution >= 4 is 72.9 Å². The average Bonchev–Trinajstić information content (AvgIpc) is 3.09. The van der Waals surface area contributed by atoms with Crippen LogP contribution in [-0.2, 0) is 0 Å². The van der Waals surface area contributed by atoms with Crippen molar-refractivity contribution in [3.63, 3.8) is 0 Å². The molecule has 0 aliphatic carbocycles. The molecule has 0 unspecified atom stereocenters. The molecule has 0 radical (unpaired) electrons. The van der Waals surface area contributed by atoms with Gasteiger partial charge in [-0.2, -0.15) is 0 Å². The van der Waals surface area contributed by atoms with E-state index in [1.807, 2.05) is 0 Å². The minimum absolute atomic E-state index is 1.27. The smallest absolute Gasteiger partial charge is 0.117 e. The number of aryl methyl sites for hydroxylation is 1. The topological polar surface area (TPSA) is 3.24 Å². The lowest BCUT2D eigenvalue weighted by Crippen LogP contribution is -2.58. The quantitative estimate of drug-likeness (QED) is 0.108. The molecule has 1 aliphatic rings. The van der Waals surface area contributed by atoms with E-state index in [2.05, 4.69) is 171 Å². The molecule has 2 heteroatoms. The summed E-state index contributed by atoms with van der Waals surface area (Å²) in [5.74, 6) is 0. The van der Waals surface area contributed by atoms with Crippen molar-refractivity contribution in [3.05, 3.63) is 145 Å². The van der Waals surface area contributed by atoms with Gasteiger partial charge < -0.3 is 4.90 Å². The van der Waals surface area contributed by atoms with Gasteiger partial charge in [-0.3, -0.25) is 0 Å². The molecule has 0 saturated carbocycles. The van der Waals surface area contributed by atoms with Gasteiger partial charge in [-0.15, -0.1) is 0 Å². The van der Waals surface area contributed by atoms with Crippen molar-refractivity contribution in [2.45, 2.75) is 20.0 Å². The number of benzene rings is 8. The molecule has 0 N–H and O–H groups in total. The molecule has 46 heavy (non-hydrogen) atoms. The highest BCUT2D eigenvalue weighted by atomic mass is 28.3. The molecule has 1 heterocycles. The Morgan fingerprint density at radius 3 is 1.87 bits per heavy atom. The van der Waals surface area contributed by atoms with Crippen LogP contribution < -0.4 is 15.3 Å². The minimum Gasteiger partial charge on any atom is -0.345 e. The van der Waals surface area contributed by atoms with Gasteiger partial charge >= 0.3 is 0 Å². The van der Waals surface area contributed by atoms with Crippen molar-refractivity contribution in [2.75, 3.05) is 11.9 Å². The number of nitrogens with zero attached hydrogens (tertiary/aromatic N) is 1. The van der Waals surface area contributed by atoms with Crippen LogP contribution in [0.1, 0.15) is 5.56 Å². The average molecular weight is 606 g/mol. The van der Waals surface area contributed by atoms with E-state index in [1.165, 1.54) is 92.7 Å². The lowest BCUT2D eigenvalue weighted by molar-refractivity contribution is 1.21. The van der Waals surface area contributed by atoms with E-state index in [4.69, 9.17) is 0 Å². The predicted molar refractivity (Wildman–Crippen MR) is 203 cm³/mol. The van der Waals surface area contributed by atoms with Gasteiger partial charge in [0.25, 0.3) is 0 Å². The number of rotatable bonds is 2. The Hall–Kier alpha value is -5.18. The number of fused-ring (bicyclic) bond motifs is 7. The monoisotopic (exact) mass is 605 g/mol. The molecule has 0 saturated heterocycles. The summed E-state index contributed by atoms with van der Waals surface area (Å²) in [7, 11) is 0.378. The third kappa shape index (κ3) is 3.80. The van der Waals surface area contributed by atoms with Crippen LogP contribution in [0.25, 0.3) is 65.3 Å². The zero-order valence-electron chi connectivity index (χ0n) is 26.7. The van der Waals surface area contributed by atoms with Gasteiger partial charge in [-0.05, 0) is 101 Å². The Labute approximate surface area is 271 Å². The summed E-state index contributed by atoms with van der Waals surface area (Å²) in [5, 5.41) is 13.4. The molecular formula is C44H35NSi. The summed E-state index contributed by atoms with van der Waals surface area (Å²) in [6, 6.07) is 52.5. The van der Waals surface area contributed by atoms with E-state index in [1.54, 1.807) is 0 Å². The van der Waals surface area contributed by atoms with E-state index >= 15 is 0 Å². The van der Waals surface area contributed by atoms with Crippen LogP contribution in [0.4, 0.5) is 11.4 Å². The first-order chi connectivity index (χ1) is 22.4. The first-order valence-corrected chi connectivity index (χ1v) is 19.3. The molecule has 0 aromatic heterocycles. The Kier molecular flexibility index (Phi) is 5.85. The van der Waals surface area contributed by atoms with Gasteiger partial charge in [0, 0.05) is 18.4 Å². The molecule has 0 spiro atoms. The first-order valence-electron chi connectivity index (χ1n) is 16.3. The molecule has 0 fully saturated rings. The number of anilines is 2. The molecule has 8 aromatic carbocycles. The summed E-state index contributed by atoms with van der Waals surface area (Å²) in [5.41, 5.74) is 9.15. The standard InChI is InChI=1S/C44H35NSi/c1-28-21-23-36-37(25-28)43(30-22-24-42-40(27-30)45(2)39-19-11-12-20-41(39)46(42,3)4)34-17-9-10-18-35(34)44(36)38-26-29-13-5-6-14-31(29)32-15-7-8-16-33(32)38/h5-27H,1-4H3. The second-order valence-electron chi connectivity index (χ2n) is 13.5. The number of hydrogen-bond acceptors (Lipinski definition) is 1. The van der Waals surface area contributed by atoms with Crippen LogP contribution >= 0.6 is 0 Å². The summed E-state index contributed by atoms with van der Waals surface area (Å²) in [6.07, 6.45) is 0. The van der Waals surface area contributed by atoms with Crippen molar-refractivity contribution in [3.8, 4) is 22.3 Å².